The molecule has 214 valence electrons. The van der Waals surface area contributed by atoms with Crippen molar-refractivity contribution in [1.82, 2.24) is 19.9 Å². The third-order valence-electron chi connectivity index (χ3n) is 8.14. The summed E-state index contributed by atoms with van der Waals surface area (Å²) in [7, 11) is 0. The fraction of sp³-hybridized carbons (Fsp3) is 0. The van der Waals surface area contributed by atoms with Gasteiger partial charge in [0.25, 0.3) is 0 Å². The van der Waals surface area contributed by atoms with Gasteiger partial charge in [-0.1, -0.05) is 121 Å². The molecule has 2 heterocycles. The van der Waals surface area contributed by atoms with Gasteiger partial charge in [-0.3, -0.25) is 0 Å². The van der Waals surface area contributed by atoms with Crippen LogP contribution in [0.4, 0.5) is 0 Å². The maximum Gasteiger partial charge on any atom is 0.160 e. The Bertz CT molecular complexity index is 2350. The van der Waals surface area contributed by atoms with Gasteiger partial charge in [0.15, 0.2) is 5.82 Å². The average Bonchev–Trinajstić information content (AvgIpc) is 3.14. The van der Waals surface area contributed by atoms with Gasteiger partial charge in [-0.15, -0.1) is 0 Å². The number of aromatic nitrogens is 4. The predicted molar refractivity (Wildman–Crippen MR) is 185 cm³/mol. The summed E-state index contributed by atoms with van der Waals surface area (Å²) in [6.07, 6.45) is 0. The van der Waals surface area contributed by atoms with Crippen LogP contribution in [0.3, 0.4) is 0 Å². The van der Waals surface area contributed by atoms with Crippen LogP contribution in [0, 0.1) is 11.3 Å². The molecule has 0 N–H and O–H groups in total. The molecular weight excluding hydrogens is 562 g/mol. The molecule has 2 aromatic heterocycles. The van der Waals surface area contributed by atoms with Crippen molar-refractivity contribution < 1.29 is 0 Å². The van der Waals surface area contributed by atoms with Gasteiger partial charge in [0.05, 0.1) is 45.4 Å². The van der Waals surface area contributed by atoms with Crippen LogP contribution in [-0.4, -0.2) is 19.9 Å². The molecule has 8 aromatic rings. The number of nitriles is 1. The number of hydrogen-bond acceptors (Lipinski definition) is 5. The van der Waals surface area contributed by atoms with Gasteiger partial charge >= 0.3 is 0 Å². The molecule has 0 saturated heterocycles. The largest absolute Gasteiger partial charge is 0.244 e. The topological polar surface area (TPSA) is 75.3 Å². The van der Waals surface area contributed by atoms with Gasteiger partial charge in [0.2, 0.25) is 0 Å². The number of hydrogen-bond donors (Lipinski definition) is 0. The second-order valence-electron chi connectivity index (χ2n) is 11.0. The first-order valence-corrected chi connectivity index (χ1v) is 15.0. The highest BCUT2D eigenvalue weighted by Crippen LogP contribution is 2.39. The highest BCUT2D eigenvalue weighted by molar-refractivity contribution is 6.06. The lowest BCUT2D eigenvalue weighted by Gasteiger charge is -2.15. The Morgan fingerprint density at radius 2 is 0.978 bits per heavy atom. The highest BCUT2D eigenvalue weighted by atomic mass is 14.9. The molecule has 0 aliphatic carbocycles. The van der Waals surface area contributed by atoms with Crippen molar-refractivity contribution >= 4 is 21.8 Å². The molecule has 0 aliphatic rings. The van der Waals surface area contributed by atoms with E-state index in [4.69, 9.17) is 19.9 Å². The number of fused-ring (bicyclic) bond motifs is 2. The van der Waals surface area contributed by atoms with Crippen LogP contribution in [0.5, 0.6) is 0 Å². The lowest BCUT2D eigenvalue weighted by atomic mass is 9.94. The normalized spacial score (nSPS) is 11.0. The summed E-state index contributed by atoms with van der Waals surface area (Å²) in [5.41, 5.74) is 10.3. The fourth-order valence-electron chi connectivity index (χ4n) is 5.89. The third kappa shape index (κ3) is 4.94. The molecule has 0 spiro atoms. The number of para-hydroxylation sites is 2. The van der Waals surface area contributed by atoms with E-state index in [0.717, 1.165) is 72.4 Å². The molecular formula is C41H25N5. The first-order valence-electron chi connectivity index (χ1n) is 15.0. The van der Waals surface area contributed by atoms with Crippen LogP contribution in [0.15, 0.2) is 152 Å². The van der Waals surface area contributed by atoms with Gasteiger partial charge < -0.3 is 0 Å². The molecule has 0 saturated carbocycles. The molecule has 0 aliphatic heterocycles. The van der Waals surface area contributed by atoms with Crippen molar-refractivity contribution in [1.29, 1.82) is 5.26 Å². The second-order valence-corrected chi connectivity index (χ2v) is 11.0. The molecule has 0 unspecified atom stereocenters. The maximum absolute atomic E-state index is 9.39. The molecule has 0 fully saturated rings. The fourth-order valence-corrected chi connectivity index (χ4v) is 5.89. The smallest absolute Gasteiger partial charge is 0.160 e. The van der Waals surface area contributed by atoms with Crippen LogP contribution in [-0.2, 0) is 0 Å². The van der Waals surface area contributed by atoms with Crippen LogP contribution < -0.4 is 0 Å². The molecule has 0 radical (unpaired) electrons. The Hall–Kier alpha value is -6.51. The van der Waals surface area contributed by atoms with E-state index in [0.29, 0.717) is 11.4 Å². The van der Waals surface area contributed by atoms with Crippen molar-refractivity contribution in [2.75, 3.05) is 0 Å². The zero-order chi connectivity index (χ0) is 30.9. The van der Waals surface area contributed by atoms with Crippen LogP contribution in [0.1, 0.15) is 5.56 Å². The molecule has 5 nitrogen and oxygen atoms in total. The van der Waals surface area contributed by atoms with E-state index >= 15 is 0 Å². The summed E-state index contributed by atoms with van der Waals surface area (Å²) >= 11 is 0. The van der Waals surface area contributed by atoms with E-state index in [1.54, 1.807) is 0 Å². The van der Waals surface area contributed by atoms with Gasteiger partial charge in [0.1, 0.15) is 0 Å². The monoisotopic (exact) mass is 587 g/mol. The van der Waals surface area contributed by atoms with E-state index in [2.05, 4.69) is 60.7 Å². The SMILES string of the molecule is N#Cc1ccc(-c2nc3ccccc3nc2-c2cccc3c(-c4cc(-c5ccccc5)nc(-c5ccccc5)n4)cccc23)cc1. The van der Waals surface area contributed by atoms with Gasteiger partial charge in [-0.2, -0.15) is 5.26 Å². The van der Waals surface area contributed by atoms with Crippen molar-refractivity contribution in [2.45, 2.75) is 0 Å². The molecule has 6 aromatic carbocycles. The highest BCUT2D eigenvalue weighted by Gasteiger charge is 2.18. The first-order chi connectivity index (χ1) is 22.7. The molecule has 46 heavy (non-hydrogen) atoms. The maximum atomic E-state index is 9.39. The lowest BCUT2D eigenvalue weighted by molar-refractivity contribution is 1.18. The van der Waals surface area contributed by atoms with Gasteiger partial charge in [-0.25, -0.2) is 19.9 Å². The van der Waals surface area contributed by atoms with E-state index in [9.17, 15) is 5.26 Å². The molecule has 0 amide bonds. The van der Waals surface area contributed by atoms with E-state index in [1.165, 1.54) is 0 Å². The van der Waals surface area contributed by atoms with Crippen LogP contribution in [0.25, 0.3) is 78.2 Å². The Morgan fingerprint density at radius 1 is 0.413 bits per heavy atom. The summed E-state index contributed by atoms with van der Waals surface area (Å²) in [5.74, 6) is 0.675. The lowest BCUT2D eigenvalue weighted by Crippen LogP contribution is -1.98. The van der Waals surface area contributed by atoms with Crippen molar-refractivity contribution in [3.05, 3.63) is 157 Å². The average molecular weight is 588 g/mol. The summed E-state index contributed by atoms with van der Waals surface area (Å²) in [4.78, 5) is 20.4. The zero-order valence-corrected chi connectivity index (χ0v) is 24.7. The molecule has 0 atom stereocenters. The predicted octanol–water partition coefficient (Wildman–Crippen LogP) is 9.78. The zero-order valence-electron chi connectivity index (χ0n) is 24.7. The first kappa shape index (κ1) is 27.1. The Labute approximate surface area is 266 Å². The summed E-state index contributed by atoms with van der Waals surface area (Å²) in [5, 5.41) is 11.5. The quantitative estimate of drug-likeness (QED) is 0.200. The van der Waals surface area contributed by atoms with Crippen molar-refractivity contribution in [3.63, 3.8) is 0 Å². The molecule has 0 bridgehead atoms. The van der Waals surface area contributed by atoms with Crippen molar-refractivity contribution in [2.24, 2.45) is 0 Å². The second kappa shape index (κ2) is 11.5. The minimum absolute atomic E-state index is 0.600. The van der Waals surface area contributed by atoms with Crippen LogP contribution in [0.2, 0.25) is 0 Å². The minimum atomic E-state index is 0.600. The molecule has 5 heteroatoms. The van der Waals surface area contributed by atoms with Gasteiger partial charge in [-0.05, 0) is 41.1 Å². The molecule has 8 rings (SSSR count). The van der Waals surface area contributed by atoms with Crippen molar-refractivity contribution in [3.8, 4) is 62.5 Å². The number of rotatable bonds is 5. The minimum Gasteiger partial charge on any atom is -0.244 e. The standard InChI is InChI=1S/C41H25N5/c42-26-27-21-23-29(24-22-27)39-40(44-36-20-8-7-19-35(36)43-39)34-18-10-15-31-32(34)16-9-17-33(31)38-25-37(28-11-3-1-4-12-28)45-41(46-38)30-13-5-2-6-14-30/h1-25H. The van der Waals surface area contributed by atoms with Crippen LogP contribution >= 0.6 is 0 Å². The number of nitrogens with zero attached hydrogens (tertiary/aromatic N) is 5. The summed E-state index contributed by atoms with van der Waals surface area (Å²) in [6, 6.07) is 52.6. The Morgan fingerprint density at radius 3 is 1.65 bits per heavy atom. The van der Waals surface area contributed by atoms with Gasteiger partial charge in [0, 0.05) is 27.8 Å². The number of benzene rings is 6. The van der Waals surface area contributed by atoms with E-state index in [1.807, 2.05) is 97.1 Å². The Kier molecular flexibility index (Phi) is 6.79. The summed E-state index contributed by atoms with van der Waals surface area (Å²) < 4.78 is 0. The summed E-state index contributed by atoms with van der Waals surface area (Å²) in [6.45, 7) is 0. The Balaban J connectivity index is 1.36. The van der Waals surface area contributed by atoms with E-state index in [-0.39, 0.29) is 0 Å². The van der Waals surface area contributed by atoms with E-state index < -0.39 is 0 Å². The third-order valence-corrected chi connectivity index (χ3v) is 8.14.